The van der Waals surface area contributed by atoms with E-state index >= 15 is 0 Å². The summed E-state index contributed by atoms with van der Waals surface area (Å²) in [5, 5.41) is 0.627. The second-order valence-corrected chi connectivity index (χ2v) is 5.23. The maximum absolute atomic E-state index is 6.02. The van der Waals surface area contributed by atoms with E-state index in [2.05, 4.69) is 23.7 Å². The Hall–Kier alpha value is -0.840. The van der Waals surface area contributed by atoms with Crippen LogP contribution in [0.2, 0.25) is 5.02 Å². The van der Waals surface area contributed by atoms with Crippen molar-refractivity contribution >= 4 is 17.4 Å². The number of ether oxygens (including phenoxy) is 1. The van der Waals surface area contributed by atoms with Crippen LogP contribution in [-0.2, 0) is 11.3 Å². The molecule has 1 aromatic rings. The first-order valence-electron chi connectivity index (χ1n) is 5.75. The molecule has 0 aromatic carbocycles. The standard InChI is InChI=1S/C12H18ClN3O/c1-12(2)8-17-6-5-16(12)11-4-3-9(13)10(7-14)15-11/h3-4H,5-8,14H2,1-2H3. The number of rotatable bonds is 2. The Labute approximate surface area is 107 Å². The van der Waals surface area contributed by atoms with Crippen LogP contribution < -0.4 is 10.6 Å². The average Bonchev–Trinajstić information content (AvgIpc) is 2.30. The molecule has 4 nitrogen and oxygen atoms in total. The zero-order valence-corrected chi connectivity index (χ0v) is 11.0. The number of aromatic nitrogens is 1. The molecule has 0 unspecified atom stereocenters. The van der Waals surface area contributed by atoms with Crippen LogP contribution in [0.3, 0.4) is 0 Å². The molecule has 0 amide bonds. The van der Waals surface area contributed by atoms with Crippen LogP contribution >= 0.6 is 11.6 Å². The molecule has 1 saturated heterocycles. The van der Waals surface area contributed by atoms with Gasteiger partial charge >= 0.3 is 0 Å². The molecular weight excluding hydrogens is 238 g/mol. The first kappa shape index (κ1) is 12.6. The van der Waals surface area contributed by atoms with E-state index in [9.17, 15) is 0 Å². The SMILES string of the molecule is CC1(C)COCCN1c1ccc(Cl)c(CN)n1. The van der Waals surface area contributed by atoms with Gasteiger partial charge in [0.2, 0.25) is 0 Å². The van der Waals surface area contributed by atoms with Gasteiger partial charge in [0.25, 0.3) is 0 Å². The predicted octanol–water partition coefficient (Wildman–Crippen LogP) is 1.81. The lowest BCUT2D eigenvalue weighted by Gasteiger charge is -2.43. The topological polar surface area (TPSA) is 51.4 Å². The van der Waals surface area contributed by atoms with Gasteiger partial charge in [0.1, 0.15) is 5.82 Å². The predicted molar refractivity (Wildman–Crippen MR) is 69.4 cm³/mol. The van der Waals surface area contributed by atoms with Crippen molar-refractivity contribution in [3.05, 3.63) is 22.8 Å². The number of anilines is 1. The molecule has 94 valence electrons. The zero-order valence-electron chi connectivity index (χ0n) is 10.2. The van der Waals surface area contributed by atoms with Gasteiger partial charge < -0.3 is 15.4 Å². The van der Waals surface area contributed by atoms with Crippen molar-refractivity contribution in [3.8, 4) is 0 Å². The quantitative estimate of drug-likeness (QED) is 0.876. The van der Waals surface area contributed by atoms with E-state index in [1.54, 1.807) is 0 Å². The molecule has 0 saturated carbocycles. The maximum Gasteiger partial charge on any atom is 0.129 e. The van der Waals surface area contributed by atoms with Gasteiger partial charge in [-0.2, -0.15) is 0 Å². The lowest BCUT2D eigenvalue weighted by molar-refractivity contribution is 0.0639. The van der Waals surface area contributed by atoms with E-state index in [0.29, 0.717) is 18.2 Å². The molecule has 2 heterocycles. The van der Waals surface area contributed by atoms with Crippen LogP contribution in [-0.4, -0.2) is 30.3 Å². The number of halogens is 1. The Bertz CT molecular complexity index is 409. The largest absolute Gasteiger partial charge is 0.377 e. The van der Waals surface area contributed by atoms with Crippen LogP contribution in [0.25, 0.3) is 0 Å². The Morgan fingerprint density at radius 1 is 1.53 bits per heavy atom. The van der Waals surface area contributed by atoms with Gasteiger partial charge in [-0.3, -0.25) is 0 Å². The molecule has 1 aromatic heterocycles. The third kappa shape index (κ3) is 2.54. The highest BCUT2D eigenvalue weighted by Crippen LogP contribution is 2.27. The normalized spacial score (nSPS) is 19.4. The maximum atomic E-state index is 6.02. The van der Waals surface area contributed by atoms with E-state index in [1.165, 1.54) is 0 Å². The second-order valence-electron chi connectivity index (χ2n) is 4.82. The fourth-order valence-electron chi connectivity index (χ4n) is 2.05. The minimum atomic E-state index is -0.0506. The minimum Gasteiger partial charge on any atom is -0.377 e. The highest BCUT2D eigenvalue weighted by molar-refractivity contribution is 6.31. The smallest absolute Gasteiger partial charge is 0.129 e. The molecule has 0 spiro atoms. The highest BCUT2D eigenvalue weighted by Gasteiger charge is 2.31. The van der Waals surface area contributed by atoms with Gasteiger partial charge in [0, 0.05) is 13.1 Å². The number of nitrogens with zero attached hydrogens (tertiary/aromatic N) is 2. The van der Waals surface area contributed by atoms with Crippen LogP contribution in [0.5, 0.6) is 0 Å². The Kier molecular flexibility index (Phi) is 3.56. The lowest BCUT2D eigenvalue weighted by atomic mass is 10.0. The number of pyridine rings is 1. The Balaban J connectivity index is 2.32. The summed E-state index contributed by atoms with van der Waals surface area (Å²) < 4.78 is 5.50. The monoisotopic (exact) mass is 255 g/mol. The molecular formula is C12H18ClN3O. The van der Waals surface area contributed by atoms with Gasteiger partial charge in [-0.25, -0.2) is 4.98 Å². The molecule has 5 heteroatoms. The summed E-state index contributed by atoms with van der Waals surface area (Å²) >= 11 is 6.02. The molecule has 1 fully saturated rings. The van der Waals surface area contributed by atoms with E-state index in [0.717, 1.165) is 24.7 Å². The van der Waals surface area contributed by atoms with E-state index in [4.69, 9.17) is 22.1 Å². The van der Waals surface area contributed by atoms with Crippen molar-refractivity contribution in [3.63, 3.8) is 0 Å². The minimum absolute atomic E-state index is 0.0506. The third-order valence-corrected chi connectivity index (χ3v) is 3.36. The number of hydrogen-bond acceptors (Lipinski definition) is 4. The summed E-state index contributed by atoms with van der Waals surface area (Å²) in [5.41, 5.74) is 6.32. The molecule has 2 rings (SSSR count). The van der Waals surface area contributed by atoms with Crippen molar-refractivity contribution in [1.29, 1.82) is 0 Å². The van der Waals surface area contributed by atoms with Gasteiger partial charge in [-0.05, 0) is 26.0 Å². The van der Waals surface area contributed by atoms with Crippen LogP contribution in [0, 0.1) is 0 Å². The van der Waals surface area contributed by atoms with Crippen molar-refractivity contribution in [2.45, 2.75) is 25.9 Å². The van der Waals surface area contributed by atoms with Crippen LogP contribution in [0.15, 0.2) is 12.1 Å². The highest BCUT2D eigenvalue weighted by atomic mass is 35.5. The molecule has 0 aliphatic carbocycles. The fourth-order valence-corrected chi connectivity index (χ4v) is 2.23. The van der Waals surface area contributed by atoms with E-state index < -0.39 is 0 Å². The summed E-state index contributed by atoms with van der Waals surface area (Å²) in [6.07, 6.45) is 0. The van der Waals surface area contributed by atoms with Crippen molar-refractivity contribution in [2.75, 3.05) is 24.7 Å². The van der Waals surface area contributed by atoms with Crippen molar-refractivity contribution in [1.82, 2.24) is 4.98 Å². The molecule has 1 aliphatic heterocycles. The second kappa shape index (κ2) is 4.80. The lowest BCUT2D eigenvalue weighted by Crippen LogP contribution is -2.53. The third-order valence-electron chi connectivity index (χ3n) is 3.02. The van der Waals surface area contributed by atoms with Crippen molar-refractivity contribution < 1.29 is 4.74 Å². The zero-order chi connectivity index (χ0) is 12.5. The fraction of sp³-hybridized carbons (Fsp3) is 0.583. The van der Waals surface area contributed by atoms with Crippen LogP contribution in [0.1, 0.15) is 19.5 Å². The Morgan fingerprint density at radius 3 is 2.94 bits per heavy atom. The first-order chi connectivity index (χ1) is 8.04. The van der Waals surface area contributed by atoms with Gasteiger partial charge in [0.15, 0.2) is 0 Å². The first-order valence-corrected chi connectivity index (χ1v) is 6.13. The summed E-state index contributed by atoms with van der Waals surface area (Å²) in [4.78, 5) is 6.77. The number of morpholine rings is 1. The Morgan fingerprint density at radius 2 is 2.29 bits per heavy atom. The molecule has 1 aliphatic rings. The van der Waals surface area contributed by atoms with Gasteiger partial charge in [-0.15, -0.1) is 0 Å². The summed E-state index contributed by atoms with van der Waals surface area (Å²) in [7, 11) is 0. The van der Waals surface area contributed by atoms with E-state index in [-0.39, 0.29) is 5.54 Å². The van der Waals surface area contributed by atoms with Gasteiger partial charge in [-0.1, -0.05) is 11.6 Å². The van der Waals surface area contributed by atoms with Gasteiger partial charge in [0.05, 0.1) is 29.5 Å². The number of nitrogens with two attached hydrogens (primary N) is 1. The van der Waals surface area contributed by atoms with Crippen LogP contribution in [0.4, 0.5) is 5.82 Å². The molecule has 17 heavy (non-hydrogen) atoms. The van der Waals surface area contributed by atoms with Crippen molar-refractivity contribution in [2.24, 2.45) is 5.73 Å². The summed E-state index contributed by atoms with van der Waals surface area (Å²) in [6.45, 7) is 6.92. The average molecular weight is 256 g/mol. The molecule has 2 N–H and O–H groups in total. The molecule has 0 radical (unpaired) electrons. The molecule has 0 bridgehead atoms. The molecule has 0 atom stereocenters. The summed E-state index contributed by atoms with van der Waals surface area (Å²) in [5.74, 6) is 0.920. The number of hydrogen-bond donors (Lipinski definition) is 1. The summed E-state index contributed by atoms with van der Waals surface area (Å²) in [6, 6.07) is 3.80. The van der Waals surface area contributed by atoms with E-state index in [1.807, 2.05) is 12.1 Å².